The Balaban J connectivity index is 1.10. The number of pyridine rings is 1. The van der Waals surface area contributed by atoms with Crippen LogP contribution in [-0.4, -0.2) is 4.98 Å². The summed E-state index contributed by atoms with van der Waals surface area (Å²) in [5.74, 6) is 0. The van der Waals surface area contributed by atoms with Crippen LogP contribution in [0.15, 0.2) is 224 Å². The van der Waals surface area contributed by atoms with Gasteiger partial charge in [-0.2, -0.15) is 0 Å². The van der Waals surface area contributed by atoms with Crippen molar-refractivity contribution in [3.05, 3.63) is 236 Å². The first-order valence-electron chi connectivity index (χ1n) is 22.7. The molecule has 1 heterocycles. The smallest absolute Gasteiger partial charge is 0.0716 e. The van der Waals surface area contributed by atoms with Crippen molar-refractivity contribution in [2.45, 2.75) is 19.3 Å². The molecule has 1 aromatic heterocycles. The fraction of sp³-hybridized carbons (Fsp3) is 0.0469. The number of fused-ring (bicyclic) bond motifs is 12. The van der Waals surface area contributed by atoms with Gasteiger partial charge in [-0.3, -0.25) is 0 Å². The summed E-state index contributed by atoms with van der Waals surface area (Å²) in [6.07, 6.45) is 0. The summed E-state index contributed by atoms with van der Waals surface area (Å²) in [6.45, 7) is 4.72. The van der Waals surface area contributed by atoms with Crippen molar-refractivity contribution < 1.29 is 0 Å². The fourth-order valence-corrected chi connectivity index (χ4v) is 11.1. The molecule has 65 heavy (non-hydrogen) atoms. The van der Waals surface area contributed by atoms with Gasteiger partial charge in [0.15, 0.2) is 0 Å². The molecule has 304 valence electrons. The molecule has 0 amide bonds. The molecular weight excluding hydrogens is 783 g/mol. The minimum Gasteiger partial charge on any atom is -0.248 e. The molecule has 1 aliphatic carbocycles. The molecule has 11 aromatic carbocycles. The maximum atomic E-state index is 5.57. The summed E-state index contributed by atoms with van der Waals surface area (Å²) in [6, 6.07) is 83.0. The lowest BCUT2D eigenvalue weighted by Crippen LogP contribution is -2.14. The van der Waals surface area contributed by atoms with Gasteiger partial charge >= 0.3 is 0 Å². The Labute approximate surface area is 378 Å². The molecule has 0 fully saturated rings. The van der Waals surface area contributed by atoms with E-state index >= 15 is 0 Å². The quantitative estimate of drug-likeness (QED) is 0.158. The summed E-state index contributed by atoms with van der Waals surface area (Å²) in [7, 11) is 0. The van der Waals surface area contributed by atoms with Crippen molar-refractivity contribution in [2.75, 3.05) is 0 Å². The summed E-state index contributed by atoms with van der Waals surface area (Å²) < 4.78 is 0. The minimum atomic E-state index is -0.108. The third-order valence-electron chi connectivity index (χ3n) is 14.2. The Morgan fingerprint density at radius 2 is 0.785 bits per heavy atom. The molecule has 1 aliphatic rings. The summed E-state index contributed by atoms with van der Waals surface area (Å²) in [4.78, 5) is 5.57. The number of hydrogen-bond donors (Lipinski definition) is 0. The Bertz CT molecular complexity index is 3880. The molecule has 0 N–H and O–H groups in total. The molecule has 0 saturated heterocycles. The van der Waals surface area contributed by atoms with Gasteiger partial charge in [0.05, 0.1) is 11.4 Å². The lowest BCUT2D eigenvalue weighted by molar-refractivity contribution is 0.660. The first-order chi connectivity index (χ1) is 32.0. The molecule has 0 saturated carbocycles. The average molecular weight is 826 g/mol. The molecule has 13 rings (SSSR count). The summed E-state index contributed by atoms with van der Waals surface area (Å²) >= 11 is 0. The molecule has 12 aromatic rings. The zero-order valence-electron chi connectivity index (χ0n) is 36.3. The Kier molecular flexibility index (Phi) is 8.32. The van der Waals surface area contributed by atoms with Crippen LogP contribution in [0.2, 0.25) is 0 Å². The molecule has 0 radical (unpaired) electrons. The van der Waals surface area contributed by atoms with Crippen LogP contribution in [0.1, 0.15) is 25.0 Å². The highest BCUT2D eigenvalue weighted by molar-refractivity contribution is 6.26. The number of aromatic nitrogens is 1. The second kappa shape index (κ2) is 14.5. The summed E-state index contributed by atoms with van der Waals surface area (Å²) in [5.41, 5.74) is 16.4. The van der Waals surface area contributed by atoms with Gasteiger partial charge in [0.1, 0.15) is 0 Å². The number of benzene rings is 11. The lowest BCUT2D eigenvalue weighted by atomic mass is 9.82. The van der Waals surface area contributed by atoms with E-state index in [0.29, 0.717) is 0 Å². The van der Waals surface area contributed by atoms with Crippen LogP contribution < -0.4 is 0 Å². The van der Waals surface area contributed by atoms with E-state index in [4.69, 9.17) is 4.98 Å². The molecule has 1 heteroatoms. The van der Waals surface area contributed by atoms with Crippen molar-refractivity contribution in [3.63, 3.8) is 0 Å². The second-order valence-corrected chi connectivity index (χ2v) is 18.2. The van der Waals surface area contributed by atoms with Crippen molar-refractivity contribution in [1.82, 2.24) is 4.98 Å². The van der Waals surface area contributed by atoms with Gasteiger partial charge in [-0.05, 0) is 152 Å². The van der Waals surface area contributed by atoms with Gasteiger partial charge in [0, 0.05) is 16.5 Å². The molecule has 0 bridgehead atoms. The van der Waals surface area contributed by atoms with Crippen molar-refractivity contribution in [3.8, 4) is 67.0 Å². The lowest BCUT2D eigenvalue weighted by Gasteiger charge is -2.21. The molecule has 1 nitrogen and oxygen atoms in total. The standard InChI is InChI=1S/C64H43N/c1-64(2)59-29-15-14-27-56(59)63-48(28-16-30-60(63)64)45-38-61(40-17-4-3-5-18-40)65-62(39-45)46-34-43(33-44(35-46)57-37-42-19-6-7-20-47(42)49-21-8-12-25-53(49)57)41-31-32-55-52-24-10-9-22-50(52)51-23-11-13-26-54(51)58(55)36-41/h3-39H,1-2H3. The maximum absolute atomic E-state index is 5.57. The largest absolute Gasteiger partial charge is 0.248 e. The maximum Gasteiger partial charge on any atom is 0.0716 e. The summed E-state index contributed by atoms with van der Waals surface area (Å²) in [5, 5.41) is 12.6. The zero-order valence-corrected chi connectivity index (χ0v) is 36.3. The second-order valence-electron chi connectivity index (χ2n) is 18.2. The highest BCUT2D eigenvalue weighted by atomic mass is 14.7. The molecule has 0 unspecified atom stereocenters. The molecular formula is C64H43N. The van der Waals surface area contributed by atoms with Gasteiger partial charge in [-0.25, -0.2) is 4.98 Å². The third-order valence-corrected chi connectivity index (χ3v) is 14.2. The molecule has 0 aliphatic heterocycles. The SMILES string of the molecule is CC1(C)c2ccccc2-c2c(-c3cc(-c4ccccc4)nc(-c4cc(-c5ccc6c7ccccc7c7ccccc7c6c5)cc(-c5cc6ccccc6c6ccccc56)c4)c3)cccc21. The van der Waals surface area contributed by atoms with Crippen LogP contribution in [0, 0.1) is 0 Å². The topological polar surface area (TPSA) is 12.9 Å². The number of hydrogen-bond acceptors (Lipinski definition) is 1. The van der Waals surface area contributed by atoms with E-state index < -0.39 is 0 Å². The first-order valence-corrected chi connectivity index (χ1v) is 22.7. The van der Waals surface area contributed by atoms with Crippen LogP contribution in [0.5, 0.6) is 0 Å². The van der Waals surface area contributed by atoms with Crippen molar-refractivity contribution in [2.24, 2.45) is 0 Å². The van der Waals surface area contributed by atoms with Crippen LogP contribution >= 0.6 is 0 Å². The van der Waals surface area contributed by atoms with Crippen LogP contribution in [0.3, 0.4) is 0 Å². The number of nitrogens with zero attached hydrogens (tertiary/aromatic N) is 1. The normalized spacial score (nSPS) is 12.9. The van der Waals surface area contributed by atoms with Gasteiger partial charge in [-0.1, -0.05) is 196 Å². The van der Waals surface area contributed by atoms with Gasteiger partial charge in [0.25, 0.3) is 0 Å². The highest BCUT2D eigenvalue weighted by Gasteiger charge is 2.36. The minimum absolute atomic E-state index is 0.108. The Hall–Kier alpha value is -8.13. The predicted octanol–water partition coefficient (Wildman–Crippen LogP) is 17.5. The first kappa shape index (κ1) is 37.4. The van der Waals surface area contributed by atoms with E-state index in [2.05, 4.69) is 238 Å². The average Bonchev–Trinajstić information content (AvgIpc) is 3.61. The van der Waals surface area contributed by atoms with Crippen molar-refractivity contribution in [1.29, 1.82) is 0 Å². The third kappa shape index (κ3) is 5.89. The predicted molar refractivity (Wildman–Crippen MR) is 277 cm³/mol. The molecule has 0 spiro atoms. The number of rotatable bonds is 5. The monoisotopic (exact) mass is 825 g/mol. The van der Waals surface area contributed by atoms with Gasteiger partial charge < -0.3 is 0 Å². The van der Waals surface area contributed by atoms with E-state index in [1.807, 2.05) is 0 Å². The van der Waals surface area contributed by atoms with Crippen LogP contribution in [0.4, 0.5) is 0 Å². The van der Waals surface area contributed by atoms with E-state index in [-0.39, 0.29) is 5.41 Å². The Morgan fingerprint density at radius 3 is 1.52 bits per heavy atom. The van der Waals surface area contributed by atoms with Crippen LogP contribution in [-0.2, 0) is 5.41 Å². The van der Waals surface area contributed by atoms with Crippen LogP contribution in [0.25, 0.3) is 121 Å². The highest BCUT2D eigenvalue weighted by Crippen LogP contribution is 2.52. The zero-order chi connectivity index (χ0) is 43.2. The van der Waals surface area contributed by atoms with E-state index in [9.17, 15) is 0 Å². The molecule has 0 atom stereocenters. The van der Waals surface area contributed by atoms with Gasteiger partial charge in [0.2, 0.25) is 0 Å². The fourth-order valence-electron chi connectivity index (χ4n) is 11.1. The Morgan fingerprint density at radius 1 is 0.277 bits per heavy atom. The van der Waals surface area contributed by atoms with Gasteiger partial charge in [-0.15, -0.1) is 0 Å². The van der Waals surface area contributed by atoms with E-state index in [1.54, 1.807) is 0 Å². The van der Waals surface area contributed by atoms with E-state index in [1.165, 1.54) is 92.8 Å². The van der Waals surface area contributed by atoms with E-state index in [0.717, 1.165) is 39.2 Å². The van der Waals surface area contributed by atoms with Crippen molar-refractivity contribution >= 4 is 53.9 Å².